The number of likely N-dealkylation sites (tertiary alicyclic amines) is 1. The molecule has 3 rings (SSSR count). The van der Waals surface area contributed by atoms with Gasteiger partial charge in [-0.05, 0) is 59.7 Å². The fraction of sp³-hybridized carbons (Fsp3) is 0.222. The van der Waals surface area contributed by atoms with Crippen LogP contribution in [0.3, 0.4) is 0 Å². The van der Waals surface area contributed by atoms with Crippen LogP contribution in [-0.2, 0) is 4.79 Å². The predicted octanol–water partition coefficient (Wildman–Crippen LogP) is 3.50. The average molecular weight is 421 g/mol. The lowest BCUT2D eigenvalue weighted by molar-refractivity contribution is -0.138. The minimum atomic E-state index is -0.515. The Kier molecular flexibility index (Phi) is 4.95. The molecule has 1 aliphatic rings. The molecule has 0 aliphatic carbocycles. The van der Waals surface area contributed by atoms with Crippen LogP contribution in [0.15, 0.2) is 54.6 Å². The molecule has 23 heavy (non-hydrogen) atoms. The van der Waals surface area contributed by atoms with Crippen LogP contribution in [0, 0.1) is 3.57 Å². The maximum atomic E-state index is 12.6. The molecule has 0 bridgehead atoms. The van der Waals surface area contributed by atoms with E-state index in [9.17, 15) is 9.59 Å². The molecule has 1 saturated heterocycles. The van der Waals surface area contributed by atoms with E-state index in [1.807, 2.05) is 36.4 Å². The van der Waals surface area contributed by atoms with Crippen LogP contribution >= 0.6 is 22.6 Å². The first-order valence-electron chi connectivity index (χ1n) is 7.49. The molecule has 1 atom stereocenters. The number of esters is 1. The number of carbonyl (C=O) groups excluding carboxylic acids is 2. The van der Waals surface area contributed by atoms with E-state index in [1.165, 1.54) is 0 Å². The largest absolute Gasteiger partial charge is 0.424 e. The molecule has 0 aromatic heterocycles. The lowest BCUT2D eigenvalue weighted by Crippen LogP contribution is -2.42. The van der Waals surface area contributed by atoms with E-state index in [4.69, 9.17) is 4.74 Å². The van der Waals surface area contributed by atoms with Crippen LogP contribution in [0.5, 0.6) is 5.75 Å². The summed E-state index contributed by atoms with van der Waals surface area (Å²) in [4.78, 5) is 26.7. The van der Waals surface area contributed by atoms with Crippen molar-refractivity contribution in [2.24, 2.45) is 0 Å². The molecule has 1 heterocycles. The Balaban J connectivity index is 1.75. The second kappa shape index (κ2) is 7.12. The zero-order valence-corrected chi connectivity index (χ0v) is 14.6. The van der Waals surface area contributed by atoms with Gasteiger partial charge in [0.15, 0.2) is 0 Å². The van der Waals surface area contributed by atoms with E-state index in [0.29, 0.717) is 24.3 Å². The maximum Gasteiger partial charge on any atom is 0.334 e. The van der Waals surface area contributed by atoms with Gasteiger partial charge >= 0.3 is 5.97 Å². The number of para-hydroxylation sites is 1. The summed E-state index contributed by atoms with van der Waals surface area (Å²) in [6, 6.07) is 15.9. The van der Waals surface area contributed by atoms with Gasteiger partial charge in [0.2, 0.25) is 0 Å². The molecular weight excluding hydrogens is 405 g/mol. The zero-order chi connectivity index (χ0) is 16.2. The molecule has 1 aliphatic heterocycles. The van der Waals surface area contributed by atoms with Gasteiger partial charge in [-0.15, -0.1) is 0 Å². The highest BCUT2D eigenvalue weighted by atomic mass is 127. The van der Waals surface area contributed by atoms with Crippen molar-refractivity contribution in [3.05, 3.63) is 63.7 Å². The van der Waals surface area contributed by atoms with Gasteiger partial charge < -0.3 is 9.64 Å². The molecule has 5 heteroatoms. The maximum absolute atomic E-state index is 12.6. The lowest BCUT2D eigenvalue weighted by atomic mass is 10.1. The van der Waals surface area contributed by atoms with Crippen LogP contribution in [0.1, 0.15) is 23.2 Å². The summed E-state index contributed by atoms with van der Waals surface area (Å²) < 4.78 is 6.38. The smallest absolute Gasteiger partial charge is 0.334 e. The third-order valence-electron chi connectivity index (χ3n) is 3.85. The number of nitrogens with zero attached hydrogens (tertiary/aromatic N) is 1. The van der Waals surface area contributed by atoms with Gasteiger partial charge in [0.1, 0.15) is 11.8 Å². The molecule has 2 aromatic rings. The molecule has 1 fully saturated rings. The van der Waals surface area contributed by atoms with Crippen LogP contribution in [0.4, 0.5) is 0 Å². The normalized spacial score (nSPS) is 17.1. The number of rotatable bonds is 3. The summed E-state index contributed by atoms with van der Waals surface area (Å²) in [5.41, 5.74) is 0.599. The Hall–Kier alpha value is -1.89. The van der Waals surface area contributed by atoms with Crippen molar-refractivity contribution in [1.82, 2.24) is 4.90 Å². The number of halogens is 1. The summed E-state index contributed by atoms with van der Waals surface area (Å²) in [5, 5.41) is 0. The van der Waals surface area contributed by atoms with Crippen LogP contribution < -0.4 is 4.74 Å². The third kappa shape index (κ3) is 3.55. The minimum absolute atomic E-state index is 0.118. The molecule has 118 valence electrons. The van der Waals surface area contributed by atoms with Gasteiger partial charge in [0.05, 0.1) is 3.57 Å². The topological polar surface area (TPSA) is 46.6 Å². The summed E-state index contributed by atoms with van der Waals surface area (Å²) >= 11 is 2.13. The number of benzene rings is 2. The van der Waals surface area contributed by atoms with Crippen molar-refractivity contribution in [2.75, 3.05) is 6.54 Å². The predicted molar refractivity (Wildman–Crippen MR) is 95.3 cm³/mol. The second-order valence-electron chi connectivity index (χ2n) is 5.37. The van der Waals surface area contributed by atoms with Crippen molar-refractivity contribution in [3.63, 3.8) is 0 Å². The fourth-order valence-electron chi connectivity index (χ4n) is 2.71. The summed E-state index contributed by atoms with van der Waals surface area (Å²) in [6.07, 6.45) is 1.45. The highest BCUT2D eigenvalue weighted by Gasteiger charge is 2.36. The number of ether oxygens (including phenoxy) is 1. The van der Waals surface area contributed by atoms with Gasteiger partial charge in [-0.1, -0.05) is 30.3 Å². The van der Waals surface area contributed by atoms with Gasteiger partial charge in [-0.3, -0.25) is 4.79 Å². The fourth-order valence-corrected chi connectivity index (χ4v) is 3.20. The first-order chi connectivity index (χ1) is 11.2. The number of amides is 1. The van der Waals surface area contributed by atoms with Crippen molar-refractivity contribution >= 4 is 34.5 Å². The van der Waals surface area contributed by atoms with Gasteiger partial charge in [-0.2, -0.15) is 0 Å². The van der Waals surface area contributed by atoms with Crippen LogP contribution in [0.25, 0.3) is 0 Å². The Morgan fingerprint density at radius 1 is 1.04 bits per heavy atom. The zero-order valence-electron chi connectivity index (χ0n) is 12.4. The van der Waals surface area contributed by atoms with Crippen LogP contribution in [0.2, 0.25) is 0 Å². The average Bonchev–Trinajstić information content (AvgIpc) is 3.07. The summed E-state index contributed by atoms with van der Waals surface area (Å²) in [7, 11) is 0. The highest BCUT2D eigenvalue weighted by molar-refractivity contribution is 14.1. The van der Waals surface area contributed by atoms with Crippen molar-refractivity contribution < 1.29 is 14.3 Å². The molecule has 0 saturated carbocycles. The van der Waals surface area contributed by atoms with Crippen LogP contribution in [-0.4, -0.2) is 29.4 Å². The van der Waals surface area contributed by atoms with E-state index < -0.39 is 6.04 Å². The molecule has 4 nitrogen and oxygen atoms in total. The van der Waals surface area contributed by atoms with Crippen molar-refractivity contribution in [2.45, 2.75) is 18.9 Å². The number of carbonyl (C=O) groups is 2. The molecule has 0 unspecified atom stereocenters. The quantitative estimate of drug-likeness (QED) is 0.433. The number of hydrogen-bond acceptors (Lipinski definition) is 3. The SMILES string of the molecule is O=C(Oc1ccccc1I)[C@@H]1CCCN1C(=O)c1ccccc1. The van der Waals surface area contributed by atoms with E-state index >= 15 is 0 Å². The molecule has 0 radical (unpaired) electrons. The van der Waals surface area contributed by atoms with Gasteiger partial charge in [-0.25, -0.2) is 4.79 Å². The first-order valence-corrected chi connectivity index (χ1v) is 8.57. The highest BCUT2D eigenvalue weighted by Crippen LogP contribution is 2.25. The van der Waals surface area contributed by atoms with Gasteiger partial charge in [0.25, 0.3) is 5.91 Å². The van der Waals surface area contributed by atoms with Crippen molar-refractivity contribution in [3.8, 4) is 5.75 Å². The third-order valence-corrected chi connectivity index (χ3v) is 4.74. The molecule has 1 amide bonds. The van der Waals surface area contributed by atoms with E-state index in [0.717, 1.165) is 9.99 Å². The molecular formula is C18H16INO3. The number of hydrogen-bond donors (Lipinski definition) is 0. The monoisotopic (exact) mass is 421 g/mol. The standard InChI is InChI=1S/C18H16INO3/c19-14-9-4-5-11-16(14)23-18(22)15-10-6-12-20(15)17(21)13-7-2-1-3-8-13/h1-5,7-9,11,15H,6,10,12H2/t15-/m0/s1. The Morgan fingerprint density at radius 3 is 2.48 bits per heavy atom. The van der Waals surface area contributed by atoms with Crippen molar-refractivity contribution in [1.29, 1.82) is 0 Å². The Morgan fingerprint density at radius 2 is 1.74 bits per heavy atom. The molecule has 2 aromatic carbocycles. The van der Waals surface area contributed by atoms with E-state index in [1.54, 1.807) is 23.1 Å². The molecule has 0 spiro atoms. The van der Waals surface area contributed by atoms with E-state index in [2.05, 4.69) is 22.6 Å². The summed E-state index contributed by atoms with van der Waals surface area (Å²) in [6.45, 7) is 0.583. The summed E-state index contributed by atoms with van der Waals surface area (Å²) in [5.74, 6) is 0.0563. The lowest BCUT2D eigenvalue weighted by Gasteiger charge is -2.23. The Labute approximate surface area is 148 Å². The first kappa shape index (κ1) is 16.0. The Bertz CT molecular complexity index is 717. The van der Waals surface area contributed by atoms with E-state index in [-0.39, 0.29) is 11.9 Å². The minimum Gasteiger partial charge on any atom is -0.424 e. The molecule has 0 N–H and O–H groups in total. The van der Waals surface area contributed by atoms with Gasteiger partial charge in [0, 0.05) is 12.1 Å². The second-order valence-corrected chi connectivity index (χ2v) is 6.54.